The number of amides is 1. The van der Waals surface area contributed by atoms with E-state index in [4.69, 9.17) is 13.9 Å². The fourth-order valence-corrected chi connectivity index (χ4v) is 3.99. The lowest BCUT2D eigenvalue weighted by atomic mass is 10.0. The molecule has 34 heavy (non-hydrogen) atoms. The van der Waals surface area contributed by atoms with Crippen molar-refractivity contribution in [3.63, 3.8) is 0 Å². The molecule has 5 aromatic rings. The van der Waals surface area contributed by atoms with Crippen LogP contribution >= 0.6 is 0 Å². The molecule has 0 aliphatic rings. The normalized spacial score (nSPS) is 10.9. The fourth-order valence-electron chi connectivity index (χ4n) is 3.99. The molecular formula is C28H21NO5. The molecule has 1 amide bonds. The predicted molar refractivity (Wildman–Crippen MR) is 133 cm³/mol. The van der Waals surface area contributed by atoms with Crippen LogP contribution < -0.4 is 20.2 Å². The van der Waals surface area contributed by atoms with Crippen molar-refractivity contribution < 1.29 is 18.7 Å². The molecule has 1 heterocycles. The molecule has 168 valence electrons. The van der Waals surface area contributed by atoms with E-state index in [2.05, 4.69) is 5.32 Å². The highest BCUT2D eigenvalue weighted by Gasteiger charge is 2.21. The molecule has 0 atom stereocenters. The van der Waals surface area contributed by atoms with Crippen LogP contribution in [0.4, 0.5) is 5.88 Å². The molecule has 0 spiro atoms. The first-order chi connectivity index (χ1) is 16.6. The Hall–Kier alpha value is -4.58. The van der Waals surface area contributed by atoms with Gasteiger partial charge in [0, 0.05) is 5.56 Å². The highest BCUT2D eigenvalue weighted by Crippen LogP contribution is 2.36. The third-order valence-electron chi connectivity index (χ3n) is 5.69. The van der Waals surface area contributed by atoms with E-state index < -0.39 is 0 Å². The van der Waals surface area contributed by atoms with Gasteiger partial charge in [-0.05, 0) is 52.7 Å². The molecule has 0 saturated carbocycles. The van der Waals surface area contributed by atoms with Crippen molar-refractivity contribution in [1.29, 1.82) is 0 Å². The molecule has 0 radical (unpaired) electrons. The Morgan fingerprint density at radius 3 is 2.18 bits per heavy atom. The Morgan fingerprint density at radius 2 is 1.47 bits per heavy atom. The van der Waals surface area contributed by atoms with E-state index in [0.717, 1.165) is 10.8 Å². The van der Waals surface area contributed by atoms with E-state index in [0.29, 0.717) is 33.6 Å². The van der Waals surface area contributed by atoms with Gasteiger partial charge >= 0.3 is 0 Å². The van der Waals surface area contributed by atoms with Crippen LogP contribution in [0.5, 0.6) is 11.5 Å². The molecule has 0 aliphatic carbocycles. The number of hydrogen-bond donors (Lipinski definition) is 1. The van der Waals surface area contributed by atoms with E-state index in [1.807, 2.05) is 42.5 Å². The van der Waals surface area contributed by atoms with Crippen molar-refractivity contribution in [2.24, 2.45) is 0 Å². The van der Waals surface area contributed by atoms with Crippen molar-refractivity contribution in [3.05, 3.63) is 101 Å². The molecule has 4 aromatic carbocycles. The molecular weight excluding hydrogens is 430 g/mol. The molecule has 0 unspecified atom stereocenters. The van der Waals surface area contributed by atoms with Crippen molar-refractivity contribution >= 4 is 33.5 Å². The number of carbonyl (C=O) groups excluding carboxylic acids is 1. The number of ether oxygens (including phenoxy) is 2. The minimum atomic E-state index is -0.384. The van der Waals surface area contributed by atoms with E-state index in [9.17, 15) is 9.59 Å². The minimum absolute atomic E-state index is 0.0638. The van der Waals surface area contributed by atoms with Gasteiger partial charge in [-0.25, -0.2) is 0 Å². The third-order valence-corrected chi connectivity index (χ3v) is 5.69. The second-order valence-corrected chi connectivity index (χ2v) is 7.72. The Bertz CT molecular complexity index is 1590. The summed E-state index contributed by atoms with van der Waals surface area (Å²) < 4.78 is 16.9. The van der Waals surface area contributed by atoms with Gasteiger partial charge in [0.25, 0.3) is 5.91 Å². The third kappa shape index (κ3) is 3.75. The maximum atomic E-state index is 13.8. The smallest absolute Gasteiger partial charge is 0.257 e. The van der Waals surface area contributed by atoms with Gasteiger partial charge in [0.05, 0.1) is 25.2 Å². The molecule has 0 saturated heterocycles. The predicted octanol–water partition coefficient (Wildman–Crippen LogP) is 5.88. The van der Waals surface area contributed by atoms with Gasteiger partial charge in [-0.15, -0.1) is 0 Å². The highest BCUT2D eigenvalue weighted by atomic mass is 16.5. The number of anilines is 1. The minimum Gasteiger partial charge on any atom is -0.493 e. The summed E-state index contributed by atoms with van der Waals surface area (Å²) in [4.78, 5) is 26.7. The molecule has 0 fully saturated rings. The van der Waals surface area contributed by atoms with Gasteiger partial charge in [-0.2, -0.15) is 0 Å². The Labute approximate surface area is 195 Å². The largest absolute Gasteiger partial charge is 0.493 e. The van der Waals surface area contributed by atoms with Crippen LogP contribution in [0, 0.1) is 0 Å². The van der Waals surface area contributed by atoms with Gasteiger partial charge in [-0.1, -0.05) is 48.5 Å². The number of benzene rings is 4. The van der Waals surface area contributed by atoms with Crippen LogP contribution in [0.2, 0.25) is 0 Å². The summed E-state index contributed by atoms with van der Waals surface area (Å²) in [7, 11) is 3.06. The van der Waals surface area contributed by atoms with E-state index in [1.54, 1.807) is 49.6 Å². The van der Waals surface area contributed by atoms with Crippen LogP contribution in [-0.2, 0) is 0 Å². The first kappa shape index (κ1) is 21.3. The monoisotopic (exact) mass is 451 g/mol. The number of nitrogens with one attached hydrogen (secondary N) is 1. The summed E-state index contributed by atoms with van der Waals surface area (Å²) >= 11 is 0. The topological polar surface area (TPSA) is 77.8 Å². The number of carbonyl (C=O) groups is 1. The summed E-state index contributed by atoms with van der Waals surface area (Å²) in [5, 5.41) is 5.06. The summed E-state index contributed by atoms with van der Waals surface area (Å²) in [5.41, 5.74) is 1.33. The number of methoxy groups -OCH3 is 2. The summed E-state index contributed by atoms with van der Waals surface area (Å²) in [6.07, 6.45) is 0. The Morgan fingerprint density at radius 1 is 0.794 bits per heavy atom. The van der Waals surface area contributed by atoms with Gasteiger partial charge in [0.1, 0.15) is 5.58 Å². The molecule has 1 aromatic heterocycles. The average molecular weight is 451 g/mol. The van der Waals surface area contributed by atoms with Crippen molar-refractivity contribution in [2.45, 2.75) is 0 Å². The molecule has 6 nitrogen and oxygen atoms in total. The molecule has 0 aliphatic heterocycles. The Balaban J connectivity index is 1.76. The second kappa shape index (κ2) is 8.75. The van der Waals surface area contributed by atoms with Gasteiger partial charge in [0.2, 0.25) is 11.3 Å². The molecule has 1 N–H and O–H groups in total. The van der Waals surface area contributed by atoms with Crippen LogP contribution in [0.15, 0.2) is 94.1 Å². The lowest BCUT2D eigenvalue weighted by Gasteiger charge is -2.14. The molecule has 6 heteroatoms. The quantitative estimate of drug-likeness (QED) is 0.338. The zero-order valence-corrected chi connectivity index (χ0v) is 18.6. The van der Waals surface area contributed by atoms with Crippen LogP contribution in [0.25, 0.3) is 32.9 Å². The lowest BCUT2D eigenvalue weighted by molar-refractivity contribution is 0.102. The average Bonchev–Trinajstić information content (AvgIpc) is 2.88. The van der Waals surface area contributed by atoms with Crippen LogP contribution in [0.1, 0.15) is 10.4 Å². The number of rotatable bonds is 5. The van der Waals surface area contributed by atoms with Gasteiger partial charge in [-0.3, -0.25) is 14.9 Å². The van der Waals surface area contributed by atoms with E-state index >= 15 is 0 Å². The van der Waals surface area contributed by atoms with Crippen molar-refractivity contribution in [3.8, 4) is 22.6 Å². The van der Waals surface area contributed by atoms with Gasteiger partial charge in [0.15, 0.2) is 11.5 Å². The zero-order chi connectivity index (χ0) is 23.7. The SMILES string of the molecule is COc1ccc(-c2c(NC(=O)c3ccccc3)oc3cc4ccccc4cc3c2=O)cc1OC. The Kier molecular flexibility index (Phi) is 5.47. The first-order valence-electron chi connectivity index (χ1n) is 10.7. The number of fused-ring (bicyclic) bond motifs is 2. The zero-order valence-electron chi connectivity index (χ0n) is 18.6. The van der Waals surface area contributed by atoms with Crippen LogP contribution in [0.3, 0.4) is 0 Å². The summed E-state index contributed by atoms with van der Waals surface area (Å²) in [6.45, 7) is 0. The number of hydrogen-bond acceptors (Lipinski definition) is 5. The lowest BCUT2D eigenvalue weighted by Crippen LogP contribution is -2.16. The van der Waals surface area contributed by atoms with E-state index in [1.165, 1.54) is 7.11 Å². The second-order valence-electron chi connectivity index (χ2n) is 7.72. The summed E-state index contributed by atoms with van der Waals surface area (Å²) in [6, 6.07) is 25.2. The van der Waals surface area contributed by atoms with Crippen molar-refractivity contribution in [1.82, 2.24) is 0 Å². The molecule has 0 bridgehead atoms. The van der Waals surface area contributed by atoms with Gasteiger partial charge < -0.3 is 13.9 Å². The van der Waals surface area contributed by atoms with Crippen LogP contribution in [-0.4, -0.2) is 20.1 Å². The van der Waals surface area contributed by atoms with E-state index in [-0.39, 0.29) is 22.8 Å². The maximum Gasteiger partial charge on any atom is 0.257 e. The maximum absolute atomic E-state index is 13.8. The first-order valence-corrected chi connectivity index (χ1v) is 10.7. The fraction of sp³-hybridized carbons (Fsp3) is 0.0714. The summed E-state index contributed by atoms with van der Waals surface area (Å²) in [5.74, 6) is 0.662. The standard InChI is InChI=1S/C28H21NO5/c1-32-22-13-12-20(16-24(22)33-2)25-26(30)21-14-18-10-6-7-11-19(18)15-23(21)34-28(25)29-27(31)17-8-4-3-5-9-17/h3-16H,1-2H3,(H,29,31). The highest BCUT2D eigenvalue weighted by molar-refractivity contribution is 6.06. The molecule has 5 rings (SSSR count). The van der Waals surface area contributed by atoms with Crippen molar-refractivity contribution in [2.75, 3.05) is 19.5 Å².